The quantitative estimate of drug-likeness (QED) is 0.141. The topological polar surface area (TPSA) is 26.3 Å². The van der Waals surface area contributed by atoms with Crippen LogP contribution in [-0.4, -0.2) is 5.97 Å². The predicted octanol–water partition coefficient (Wildman–Crippen LogP) is 9.06. The lowest BCUT2D eigenvalue weighted by atomic mass is 9.99. The summed E-state index contributed by atoms with van der Waals surface area (Å²) in [5.41, 5.74) is 1.54. The number of aryl methyl sites for hydroxylation is 1. The van der Waals surface area contributed by atoms with Crippen LogP contribution in [-0.2, 0) is 12.8 Å². The SMILES string of the molecule is [2H]c1c([2H])c(C([2H])([2H])[C@@]([2H])(C([2H])([2H])[2H])C([2H])([2H])C([2H])([2H])[2H])c([2H])c([2H])c1OC(=O)c1ccc(-c2ccc(CCCCCCCC)cc2)cc1. The highest BCUT2D eigenvalue weighted by atomic mass is 16.5. The Kier molecular flexibility index (Phi) is 4.93. The van der Waals surface area contributed by atoms with Gasteiger partial charge in [-0.3, -0.25) is 0 Å². The fourth-order valence-corrected chi connectivity index (χ4v) is 3.49. The highest BCUT2D eigenvalue weighted by Crippen LogP contribution is 2.23. The van der Waals surface area contributed by atoms with Gasteiger partial charge in [0.2, 0.25) is 0 Å². The van der Waals surface area contributed by atoms with Crippen LogP contribution in [0, 0.1) is 5.89 Å². The number of esters is 1. The molecule has 0 N–H and O–H groups in total. The van der Waals surface area contributed by atoms with Crippen molar-refractivity contribution in [1.82, 2.24) is 0 Å². The minimum absolute atomic E-state index is 0.0156. The molecule has 0 heterocycles. The van der Waals surface area contributed by atoms with Crippen molar-refractivity contribution in [3.8, 4) is 16.9 Å². The summed E-state index contributed by atoms with van der Waals surface area (Å²) in [6, 6.07) is 9.48. The van der Waals surface area contributed by atoms with Crippen LogP contribution in [0.4, 0.5) is 0 Å². The van der Waals surface area contributed by atoms with Gasteiger partial charge in [-0.15, -0.1) is 0 Å². The second-order valence-corrected chi connectivity index (χ2v) is 8.01. The Balaban J connectivity index is 1.88. The lowest BCUT2D eigenvalue weighted by Gasteiger charge is -2.10. The normalized spacial score (nSPS) is 20.8. The second-order valence-electron chi connectivity index (χ2n) is 8.01. The summed E-state index contributed by atoms with van der Waals surface area (Å²) in [6.07, 6.45) is 0.266. The van der Waals surface area contributed by atoms with Gasteiger partial charge in [0, 0.05) is 15.1 Å². The summed E-state index contributed by atoms with van der Waals surface area (Å²) in [6.45, 7) is -5.62. The zero-order chi connectivity index (χ0) is 37.2. The summed E-state index contributed by atoms with van der Waals surface area (Å²) < 4.78 is 126. The molecular weight excluding hydrogens is 416 g/mol. The first kappa shape index (κ1) is 12.2. The number of carbonyl (C=O) groups excluding carboxylic acids is 1. The van der Waals surface area contributed by atoms with Crippen molar-refractivity contribution in [3.63, 3.8) is 0 Å². The zero-order valence-corrected chi connectivity index (χ0v) is 19.4. The Labute approximate surface area is 227 Å². The summed E-state index contributed by atoms with van der Waals surface area (Å²) in [5, 5.41) is 0. The van der Waals surface area contributed by atoms with Gasteiger partial charge in [0.1, 0.15) is 5.75 Å². The Morgan fingerprint density at radius 3 is 2.21 bits per heavy atom. The molecule has 180 valence electrons. The molecule has 34 heavy (non-hydrogen) atoms. The van der Waals surface area contributed by atoms with E-state index in [4.69, 9.17) is 25.3 Å². The van der Waals surface area contributed by atoms with Crippen LogP contribution < -0.4 is 4.74 Å². The van der Waals surface area contributed by atoms with Gasteiger partial charge in [-0.1, -0.05) is 108 Å². The van der Waals surface area contributed by atoms with Gasteiger partial charge >= 0.3 is 5.97 Å². The minimum Gasteiger partial charge on any atom is -0.423 e. The molecule has 2 nitrogen and oxygen atoms in total. The molecule has 0 fully saturated rings. The third-order valence-corrected chi connectivity index (χ3v) is 5.40. The van der Waals surface area contributed by atoms with Crippen molar-refractivity contribution in [2.45, 2.75) is 78.3 Å². The molecule has 3 aromatic rings. The first-order valence-electron chi connectivity index (χ1n) is 19.1. The van der Waals surface area contributed by atoms with E-state index in [1.165, 1.54) is 49.8 Å². The van der Waals surface area contributed by atoms with Crippen LogP contribution in [0.15, 0.2) is 72.7 Å². The zero-order valence-electron chi connectivity index (χ0n) is 34.4. The number of hydrogen-bond donors (Lipinski definition) is 0. The Hall–Kier alpha value is -2.87. The maximum Gasteiger partial charge on any atom is 0.343 e. The summed E-state index contributed by atoms with van der Waals surface area (Å²) in [4.78, 5) is 13.0. The highest BCUT2D eigenvalue weighted by molar-refractivity contribution is 5.91. The minimum atomic E-state index is -4.14. The van der Waals surface area contributed by atoms with Crippen molar-refractivity contribution < 1.29 is 30.1 Å². The Morgan fingerprint density at radius 1 is 0.912 bits per heavy atom. The van der Waals surface area contributed by atoms with Crippen LogP contribution in [0.25, 0.3) is 11.1 Å². The number of ether oxygens (including phenoxy) is 1. The molecule has 0 saturated heterocycles. The molecule has 0 aromatic heterocycles. The summed E-state index contributed by atoms with van der Waals surface area (Å²) in [5.74, 6) is -6.14. The molecule has 0 unspecified atom stereocenters. The van der Waals surface area contributed by atoms with Crippen LogP contribution in [0.2, 0.25) is 0 Å². The molecule has 0 amide bonds. The number of hydrogen-bond acceptors (Lipinski definition) is 2. The van der Waals surface area contributed by atoms with E-state index in [9.17, 15) is 4.79 Å². The number of carbonyl (C=O) groups is 1. The van der Waals surface area contributed by atoms with E-state index in [2.05, 4.69) is 19.1 Å². The van der Waals surface area contributed by atoms with Crippen molar-refractivity contribution in [2.24, 2.45) is 5.89 Å². The average molecular weight is 472 g/mol. The fourth-order valence-electron chi connectivity index (χ4n) is 3.49. The van der Waals surface area contributed by atoms with Crippen molar-refractivity contribution in [3.05, 3.63) is 89.4 Å². The van der Waals surface area contributed by atoms with Gasteiger partial charge in [-0.25, -0.2) is 4.79 Å². The molecule has 0 aliphatic rings. The van der Waals surface area contributed by atoms with Gasteiger partial charge in [0.25, 0.3) is 0 Å². The van der Waals surface area contributed by atoms with Gasteiger partial charge < -0.3 is 4.74 Å². The lowest BCUT2D eigenvalue weighted by molar-refractivity contribution is 0.0734. The van der Waals surface area contributed by atoms with Crippen molar-refractivity contribution in [2.75, 3.05) is 0 Å². The third-order valence-electron chi connectivity index (χ3n) is 5.40. The monoisotopic (exact) mass is 471 g/mol. The Bertz CT molecular complexity index is 1580. The molecule has 1 atom stereocenters. The van der Waals surface area contributed by atoms with E-state index in [1.54, 1.807) is 12.1 Å². The molecule has 0 spiro atoms. The van der Waals surface area contributed by atoms with Crippen LogP contribution in [0.1, 0.15) is 108 Å². The number of unbranched alkanes of at least 4 members (excludes halogenated alkanes) is 5. The molecule has 0 saturated carbocycles. The van der Waals surface area contributed by atoms with E-state index in [0.29, 0.717) is 0 Å². The molecule has 0 aliphatic heterocycles. The molecular formula is C32H40O2. The van der Waals surface area contributed by atoms with Crippen LogP contribution in [0.3, 0.4) is 0 Å². The van der Waals surface area contributed by atoms with E-state index in [1.807, 2.05) is 12.1 Å². The van der Waals surface area contributed by atoms with E-state index >= 15 is 0 Å². The van der Waals surface area contributed by atoms with Crippen LogP contribution in [0.5, 0.6) is 5.75 Å². The summed E-state index contributed by atoms with van der Waals surface area (Å²) in [7, 11) is 0. The predicted molar refractivity (Wildman–Crippen MR) is 144 cm³/mol. The molecule has 3 rings (SSSR count). The largest absolute Gasteiger partial charge is 0.423 e. The Morgan fingerprint density at radius 2 is 1.56 bits per heavy atom. The van der Waals surface area contributed by atoms with Gasteiger partial charge in [0.05, 0.1) is 11.0 Å². The fraction of sp³-hybridized carbons (Fsp3) is 0.406. The van der Waals surface area contributed by atoms with E-state index in [-0.39, 0.29) is 5.56 Å². The highest BCUT2D eigenvalue weighted by Gasteiger charge is 2.10. The van der Waals surface area contributed by atoms with Gasteiger partial charge in [-0.05, 0) is 71.6 Å². The second kappa shape index (κ2) is 13.7. The molecule has 0 aliphatic carbocycles. The van der Waals surface area contributed by atoms with Gasteiger partial charge in [0.15, 0.2) is 0 Å². The van der Waals surface area contributed by atoms with Crippen LogP contribution >= 0.6 is 0 Å². The maximum atomic E-state index is 13.0. The van der Waals surface area contributed by atoms with Crippen molar-refractivity contribution in [1.29, 1.82) is 0 Å². The standard InChI is InChI=1S/C32H40O2/c1-4-6-7-8-9-10-11-26-12-16-28(17-13-26)29-18-20-30(21-19-29)32(33)34-31-22-14-27(15-23-31)24-25(3)5-2/h12-23,25H,4-11,24H2,1-3H3/t25-/m0/s1/i2D3,3D3,5D2,14D,15D,22D,23D,24D2,25D. The number of benzene rings is 3. The first-order chi connectivity index (χ1) is 22.5. The lowest BCUT2D eigenvalue weighted by Crippen LogP contribution is -2.08. The molecule has 3 aromatic carbocycles. The van der Waals surface area contributed by atoms with Crippen molar-refractivity contribution >= 4 is 5.97 Å². The van der Waals surface area contributed by atoms with E-state index < -0.39 is 73.8 Å². The molecule has 0 radical (unpaired) electrons. The maximum absolute atomic E-state index is 13.0. The average Bonchev–Trinajstić information content (AvgIpc) is 3.02. The third kappa shape index (κ3) is 8.17. The first-order valence-corrected chi connectivity index (χ1v) is 11.6. The smallest absolute Gasteiger partial charge is 0.343 e. The molecule has 0 bridgehead atoms. The summed E-state index contributed by atoms with van der Waals surface area (Å²) >= 11 is 0. The van der Waals surface area contributed by atoms with Gasteiger partial charge in [-0.2, -0.15) is 0 Å². The van der Waals surface area contributed by atoms with E-state index in [0.717, 1.165) is 24.0 Å². The molecule has 2 heteroatoms. The number of rotatable bonds is 13.